The molecule has 0 spiro atoms. The van der Waals surface area contributed by atoms with Crippen molar-refractivity contribution in [3.63, 3.8) is 0 Å². The van der Waals surface area contributed by atoms with Gasteiger partial charge in [-0.3, -0.25) is 14.1 Å². The Morgan fingerprint density at radius 1 is 0.660 bits per heavy atom. The summed E-state index contributed by atoms with van der Waals surface area (Å²) in [6, 6.07) is 0. The summed E-state index contributed by atoms with van der Waals surface area (Å²) in [5.41, 5.74) is 0. The average molecular weight is 771 g/mol. The summed E-state index contributed by atoms with van der Waals surface area (Å²) in [5, 5.41) is 30.7. The Hall–Kier alpha value is -2.65. The van der Waals surface area contributed by atoms with Gasteiger partial charge in [0.05, 0.1) is 6.61 Å². The fourth-order valence-electron chi connectivity index (χ4n) is 5.33. The van der Waals surface area contributed by atoms with Crippen LogP contribution in [-0.4, -0.2) is 96.0 Å². The van der Waals surface area contributed by atoms with Gasteiger partial charge >= 0.3 is 11.9 Å². The van der Waals surface area contributed by atoms with E-state index in [1.807, 2.05) is 18.2 Å². The lowest BCUT2D eigenvalue weighted by Crippen LogP contribution is -2.60. The molecule has 4 N–H and O–H groups in total. The summed E-state index contributed by atoms with van der Waals surface area (Å²) >= 11 is 0. The Balaban J connectivity index is 2.59. The van der Waals surface area contributed by atoms with Crippen LogP contribution in [0.2, 0.25) is 0 Å². The largest absolute Gasteiger partial charge is 0.462 e. The number of rotatable bonds is 30. The highest BCUT2D eigenvalue weighted by atomic mass is 32.2. The van der Waals surface area contributed by atoms with Gasteiger partial charge < -0.3 is 34.3 Å². The summed E-state index contributed by atoms with van der Waals surface area (Å²) in [4.78, 5) is 25.2. The topological polar surface area (TPSA) is 186 Å². The number of ether oxygens (including phenoxy) is 4. The Morgan fingerprint density at radius 2 is 1.23 bits per heavy atom. The van der Waals surface area contributed by atoms with Crippen LogP contribution in [0.15, 0.2) is 60.8 Å². The second-order valence-corrected chi connectivity index (χ2v) is 14.7. The van der Waals surface area contributed by atoms with E-state index in [2.05, 4.69) is 56.4 Å². The highest BCUT2D eigenvalue weighted by molar-refractivity contribution is 7.85. The second kappa shape index (κ2) is 30.7. The van der Waals surface area contributed by atoms with Gasteiger partial charge in [-0.05, 0) is 64.2 Å². The van der Waals surface area contributed by atoms with E-state index in [0.717, 1.165) is 57.8 Å². The van der Waals surface area contributed by atoms with E-state index < -0.39 is 71.2 Å². The van der Waals surface area contributed by atoms with Crippen molar-refractivity contribution in [2.45, 2.75) is 160 Å². The molecule has 0 bridgehead atoms. The number of hydrogen-bond acceptors (Lipinski definition) is 11. The minimum absolute atomic E-state index is 0.0389. The lowest BCUT2D eigenvalue weighted by molar-refractivity contribution is -0.297. The van der Waals surface area contributed by atoms with Gasteiger partial charge in [0.25, 0.3) is 10.1 Å². The van der Waals surface area contributed by atoms with Crippen LogP contribution >= 0.6 is 0 Å². The molecule has 1 aliphatic heterocycles. The van der Waals surface area contributed by atoms with Crippen LogP contribution in [0.5, 0.6) is 0 Å². The van der Waals surface area contributed by atoms with Crippen LogP contribution in [0.25, 0.3) is 0 Å². The molecule has 1 saturated heterocycles. The molecule has 53 heavy (non-hydrogen) atoms. The van der Waals surface area contributed by atoms with Gasteiger partial charge in [-0.25, -0.2) is 0 Å². The van der Waals surface area contributed by atoms with Gasteiger partial charge in [-0.1, -0.05) is 107 Å². The van der Waals surface area contributed by atoms with Crippen LogP contribution in [-0.2, 0) is 38.7 Å². The first-order valence-corrected chi connectivity index (χ1v) is 21.0. The minimum atomic E-state index is -4.61. The Labute approximate surface area is 317 Å². The zero-order chi connectivity index (χ0) is 39.2. The molecule has 0 aromatic rings. The average Bonchev–Trinajstić information content (AvgIpc) is 3.12. The van der Waals surface area contributed by atoms with Gasteiger partial charge in [0.2, 0.25) is 0 Å². The van der Waals surface area contributed by atoms with Crippen molar-refractivity contribution >= 4 is 22.1 Å². The van der Waals surface area contributed by atoms with E-state index in [-0.39, 0.29) is 19.4 Å². The summed E-state index contributed by atoms with van der Waals surface area (Å²) in [6.07, 6.45) is 25.9. The van der Waals surface area contributed by atoms with Gasteiger partial charge in [-0.15, -0.1) is 0 Å². The molecule has 13 heteroatoms. The molecular weight excluding hydrogens is 704 g/mol. The van der Waals surface area contributed by atoms with E-state index in [1.165, 1.54) is 19.3 Å². The van der Waals surface area contributed by atoms with Gasteiger partial charge in [0, 0.05) is 12.8 Å². The quantitative estimate of drug-likeness (QED) is 0.0266. The van der Waals surface area contributed by atoms with Crippen LogP contribution in [0.3, 0.4) is 0 Å². The fraction of sp³-hybridized carbons (Fsp3) is 0.700. The van der Waals surface area contributed by atoms with Crippen LogP contribution in [0, 0.1) is 0 Å². The third-order valence-electron chi connectivity index (χ3n) is 8.34. The van der Waals surface area contributed by atoms with Gasteiger partial charge in [0.1, 0.15) is 36.8 Å². The van der Waals surface area contributed by atoms with Crippen LogP contribution in [0.4, 0.5) is 0 Å². The molecule has 1 rings (SSSR count). The molecule has 6 atom stereocenters. The van der Waals surface area contributed by atoms with E-state index >= 15 is 0 Å². The van der Waals surface area contributed by atoms with Crippen LogP contribution in [0.1, 0.15) is 123 Å². The summed E-state index contributed by atoms with van der Waals surface area (Å²) in [6.45, 7) is 3.51. The molecule has 0 radical (unpaired) electrons. The molecule has 12 nitrogen and oxygen atoms in total. The van der Waals surface area contributed by atoms with E-state index in [0.29, 0.717) is 19.3 Å². The number of carbonyl (C=O) groups is 2. The molecule has 0 saturated carbocycles. The normalized spacial score (nSPS) is 21.8. The molecule has 1 heterocycles. The fourth-order valence-corrected chi connectivity index (χ4v) is 6.02. The lowest BCUT2D eigenvalue weighted by Gasteiger charge is -2.40. The standard InChI is InChI=1S/C40H66O12S/c1-3-5-7-9-11-13-15-17-19-21-23-25-27-29-36(42)51-33(31-50-40-39(45)38(44)37(43)34(52-40)32-53(46,47)48)30-49-35(41)28-26-24-22-20-18-16-14-12-10-8-6-4-2/h5,7,11-14,17,19,23,25,33-34,37-40,43-45H,3-4,6,8-10,15-16,18,20-22,24,26-32H2,1-2H3,(H,46,47,48)/b7-5-,13-11-,14-12-,19-17-,25-23-. The smallest absolute Gasteiger partial charge is 0.306 e. The number of hydrogen-bond donors (Lipinski definition) is 4. The molecule has 1 aliphatic rings. The van der Waals surface area contributed by atoms with Crippen molar-refractivity contribution in [3.8, 4) is 0 Å². The van der Waals surface area contributed by atoms with E-state index in [1.54, 1.807) is 0 Å². The first-order chi connectivity index (χ1) is 25.5. The molecular formula is C40H66O12S. The number of unbranched alkanes of at least 4 members (excludes halogenated alkanes) is 8. The van der Waals surface area contributed by atoms with Crippen molar-refractivity contribution in [1.29, 1.82) is 0 Å². The maximum absolute atomic E-state index is 12.7. The van der Waals surface area contributed by atoms with Gasteiger partial charge in [0.15, 0.2) is 12.4 Å². The molecule has 6 unspecified atom stereocenters. The summed E-state index contributed by atoms with van der Waals surface area (Å²) in [5.74, 6) is -2.11. The SMILES string of the molecule is CC/C=C\C/C=C\C/C=C\C/C=C\CCC(=O)OC(COC(=O)CCCCCCC/C=C\CCCCC)COC1OC(CS(=O)(=O)O)C(O)C(O)C1O. The number of carbonyl (C=O) groups excluding carboxylic acids is 2. The molecule has 0 aromatic carbocycles. The first-order valence-electron chi connectivity index (χ1n) is 19.3. The number of aliphatic hydroxyl groups is 3. The molecule has 304 valence electrons. The first kappa shape index (κ1) is 48.4. The zero-order valence-electron chi connectivity index (χ0n) is 31.8. The highest BCUT2D eigenvalue weighted by Gasteiger charge is 2.46. The zero-order valence-corrected chi connectivity index (χ0v) is 32.7. The van der Waals surface area contributed by atoms with E-state index in [9.17, 15) is 37.9 Å². The summed E-state index contributed by atoms with van der Waals surface area (Å²) in [7, 11) is -4.61. The molecule has 0 aromatic heterocycles. The predicted molar refractivity (Wildman–Crippen MR) is 205 cm³/mol. The van der Waals surface area contributed by atoms with Crippen molar-refractivity contribution < 1.29 is 56.8 Å². The summed E-state index contributed by atoms with van der Waals surface area (Å²) < 4.78 is 53.7. The van der Waals surface area contributed by atoms with Gasteiger partial charge in [-0.2, -0.15) is 8.42 Å². The number of aliphatic hydroxyl groups excluding tert-OH is 3. The Kier molecular flexibility index (Phi) is 28.0. The molecule has 0 aliphatic carbocycles. The monoisotopic (exact) mass is 770 g/mol. The van der Waals surface area contributed by atoms with Crippen molar-refractivity contribution in [3.05, 3.63) is 60.8 Å². The third-order valence-corrected chi connectivity index (χ3v) is 9.09. The van der Waals surface area contributed by atoms with Crippen molar-refractivity contribution in [2.75, 3.05) is 19.0 Å². The predicted octanol–water partition coefficient (Wildman–Crippen LogP) is 6.61. The lowest BCUT2D eigenvalue weighted by atomic mass is 10.00. The number of allylic oxidation sites excluding steroid dienone is 10. The maximum Gasteiger partial charge on any atom is 0.306 e. The maximum atomic E-state index is 12.7. The number of esters is 2. The van der Waals surface area contributed by atoms with Crippen molar-refractivity contribution in [1.82, 2.24) is 0 Å². The van der Waals surface area contributed by atoms with E-state index in [4.69, 9.17) is 18.9 Å². The Morgan fingerprint density at radius 3 is 1.85 bits per heavy atom. The molecule has 1 fully saturated rings. The second-order valence-electron chi connectivity index (χ2n) is 13.2. The molecule has 0 amide bonds. The third kappa shape index (κ3) is 25.9. The van der Waals surface area contributed by atoms with Crippen LogP contribution < -0.4 is 0 Å². The highest BCUT2D eigenvalue weighted by Crippen LogP contribution is 2.23. The minimum Gasteiger partial charge on any atom is -0.462 e. The Bertz CT molecular complexity index is 1230. The van der Waals surface area contributed by atoms with Crippen molar-refractivity contribution in [2.24, 2.45) is 0 Å².